The Labute approximate surface area is 132 Å². The number of carbonyl (C=O) groups excluding carboxylic acids is 1. The van der Waals surface area contributed by atoms with Crippen LogP contribution in [0.25, 0.3) is 11.3 Å². The van der Waals surface area contributed by atoms with Crippen LogP contribution in [0.1, 0.15) is 26.7 Å². The molecule has 6 nitrogen and oxygen atoms in total. The largest absolute Gasteiger partial charge is 0.302 e. The molecule has 0 saturated carbocycles. The molecule has 1 amide bonds. The SMILES string of the molecule is CC(C)CCC(=O)Nc1nc(-c2cccc([N+](=O)[O-])c2)cs1. The second kappa shape index (κ2) is 7.13. The molecule has 1 aromatic carbocycles. The Bertz CT molecular complexity index is 682. The molecular weight excluding hydrogens is 302 g/mol. The number of carbonyl (C=O) groups is 1. The van der Waals surface area contributed by atoms with E-state index in [1.165, 1.54) is 23.5 Å². The molecule has 0 spiro atoms. The molecule has 0 saturated heterocycles. The highest BCUT2D eigenvalue weighted by Gasteiger charge is 2.11. The second-order valence-electron chi connectivity index (χ2n) is 5.33. The molecule has 116 valence electrons. The van der Waals surface area contributed by atoms with Gasteiger partial charge in [0, 0.05) is 29.5 Å². The molecule has 0 atom stereocenters. The van der Waals surface area contributed by atoms with Crippen LogP contribution in [0.5, 0.6) is 0 Å². The van der Waals surface area contributed by atoms with Crippen LogP contribution in [0.15, 0.2) is 29.6 Å². The zero-order chi connectivity index (χ0) is 16.1. The van der Waals surface area contributed by atoms with E-state index in [1.54, 1.807) is 17.5 Å². The molecule has 0 unspecified atom stereocenters. The van der Waals surface area contributed by atoms with Crippen LogP contribution < -0.4 is 5.32 Å². The zero-order valence-electron chi connectivity index (χ0n) is 12.4. The summed E-state index contributed by atoms with van der Waals surface area (Å²) in [5.74, 6) is 0.413. The van der Waals surface area contributed by atoms with Gasteiger partial charge in [-0.05, 0) is 12.3 Å². The second-order valence-corrected chi connectivity index (χ2v) is 6.18. The number of nitro groups is 1. The van der Waals surface area contributed by atoms with E-state index in [4.69, 9.17) is 0 Å². The van der Waals surface area contributed by atoms with Crippen molar-refractivity contribution >= 4 is 28.1 Å². The molecule has 2 rings (SSSR count). The van der Waals surface area contributed by atoms with Crippen LogP contribution in [0.4, 0.5) is 10.8 Å². The molecule has 0 aliphatic rings. The lowest BCUT2D eigenvalue weighted by molar-refractivity contribution is -0.384. The monoisotopic (exact) mass is 319 g/mol. The Hall–Kier alpha value is -2.28. The van der Waals surface area contributed by atoms with Gasteiger partial charge in [0.25, 0.3) is 5.69 Å². The van der Waals surface area contributed by atoms with Crippen LogP contribution in [-0.4, -0.2) is 15.8 Å². The van der Waals surface area contributed by atoms with Crippen molar-refractivity contribution < 1.29 is 9.72 Å². The Morgan fingerprint density at radius 3 is 2.91 bits per heavy atom. The molecule has 0 aliphatic heterocycles. The van der Waals surface area contributed by atoms with Crippen LogP contribution in [0.2, 0.25) is 0 Å². The summed E-state index contributed by atoms with van der Waals surface area (Å²) in [4.78, 5) is 26.4. The number of thiazole rings is 1. The number of nitrogens with one attached hydrogen (secondary N) is 1. The molecule has 1 aromatic heterocycles. The maximum atomic E-state index is 11.8. The molecule has 0 fully saturated rings. The number of non-ortho nitro benzene ring substituents is 1. The molecule has 22 heavy (non-hydrogen) atoms. The minimum Gasteiger partial charge on any atom is -0.302 e. The molecule has 0 bridgehead atoms. The van der Waals surface area contributed by atoms with Crippen molar-refractivity contribution in [1.29, 1.82) is 0 Å². The van der Waals surface area contributed by atoms with E-state index in [0.29, 0.717) is 28.7 Å². The van der Waals surface area contributed by atoms with E-state index in [2.05, 4.69) is 24.1 Å². The summed E-state index contributed by atoms with van der Waals surface area (Å²) in [6, 6.07) is 6.28. The smallest absolute Gasteiger partial charge is 0.270 e. The predicted octanol–water partition coefficient (Wildman–Crippen LogP) is 4.09. The average Bonchev–Trinajstić information content (AvgIpc) is 2.93. The maximum Gasteiger partial charge on any atom is 0.270 e. The van der Waals surface area contributed by atoms with Gasteiger partial charge in [0.15, 0.2) is 5.13 Å². The predicted molar refractivity (Wildman–Crippen MR) is 86.9 cm³/mol. The topological polar surface area (TPSA) is 85.1 Å². The van der Waals surface area contributed by atoms with Crippen molar-refractivity contribution in [2.45, 2.75) is 26.7 Å². The minimum absolute atomic E-state index is 0.0213. The van der Waals surface area contributed by atoms with Gasteiger partial charge >= 0.3 is 0 Å². The van der Waals surface area contributed by atoms with Gasteiger partial charge in [-0.2, -0.15) is 0 Å². The summed E-state index contributed by atoms with van der Waals surface area (Å²) < 4.78 is 0. The van der Waals surface area contributed by atoms with Crippen molar-refractivity contribution in [1.82, 2.24) is 4.98 Å². The van der Waals surface area contributed by atoms with E-state index in [9.17, 15) is 14.9 Å². The van der Waals surface area contributed by atoms with Gasteiger partial charge in [-0.3, -0.25) is 14.9 Å². The lowest BCUT2D eigenvalue weighted by Crippen LogP contribution is -2.11. The van der Waals surface area contributed by atoms with E-state index in [1.807, 2.05) is 0 Å². The van der Waals surface area contributed by atoms with Gasteiger partial charge in [0.2, 0.25) is 5.91 Å². The van der Waals surface area contributed by atoms with Crippen molar-refractivity contribution in [3.05, 3.63) is 39.8 Å². The highest BCUT2D eigenvalue weighted by molar-refractivity contribution is 7.14. The van der Waals surface area contributed by atoms with Crippen molar-refractivity contribution in [3.63, 3.8) is 0 Å². The summed E-state index contributed by atoms with van der Waals surface area (Å²) in [5, 5.41) is 15.8. The summed E-state index contributed by atoms with van der Waals surface area (Å²) in [6.07, 6.45) is 1.29. The molecule has 7 heteroatoms. The van der Waals surface area contributed by atoms with E-state index in [-0.39, 0.29) is 11.6 Å². The summed E-state index contributed by atoms with van der Waals surface area (Å²) in [5.41, 5.74) is 1.30. The van der Waals surface area contributed by atoms with Crippen molar-refractivity contribution in [2.24, 2.45) is 5.92 Å². The molecule has 1 N–H and O–H groups in total. The average molecular weight is 319 g/mol. The fourth-order valence-corrected chi connectivity index (χ4v) is 2.58. The first-order chi connectivity index (χ1) is 10.5. The third-order valence-electron chi connectivity index (χ3n) is 3.05. The Morgan fingerprint density at radius 1 is 1.45 bits per heavy atom. The molecular formula is C15H17N3O3S. The highest BCUT2D eigenvalue weighted by Crippen LogP contribution is 2.27. The number of benzene rings is 1. The van der Waals surface area contributed by atoms with Gasteiger partial charge in [0.1, 0.15) is 0 Å². The summed E-state index contributed by atoms with van der Waals surface area (Å²) in [7, 11) is 0. The Balaban J connectivity index is 2.06. The number of nitrogens with zero attached hydrogens (tertiary/aromatic N) is 2. The van der Waals surface area contributed by atoms with Crippen LogP contribution in [0.3, 0.4) is 0 Å². The Morgan fingerprint density at radius 2 is 2.23 bits per heavy atom. The fraction of sp³-hybridized carbons (Fsp3) is 0.333. The molecule has 0 aliphatic carbocycles. The van der Waals surface area contributed by atoms with Crippen LogP contribution >= 0.6 is 11.3 Å². The van der Waals surface area contributed by atoms with E-state index >= 15 is 0 Å². The lowest BCUT2D eigenvalue weighted by atomic mass is 10.1. The molecule has 1 heterocycles. The quantitative estimate of drug-likeness (QED) is 0.642. The molecule has 0 radical (unpaired) electrons. The summed E-state index contributed by atoms with van der Waals surface area (Å²) in [6.45, 7) is 4.13. The Kier molecular flexibility index (Phi) is 5.21. The minimum atomic E-state index is -0.440. The first-order valence-electron chi connectivity index (χ1n) is 6.96. The number of rotatable bonds is 6. The first kappa shape index (κ1) is 16.1. The maximum absolute atomic E-state index is 11.8. The third kappa shape index (κ3) is 4.36. The number of anilines is 1. The third-order valence-corrected chi connectivity index (χ3v) is 3.81. The van der Waals surface area contributed by atoms with Gasteiger partial charge in [-0.25, -0.2) is 4.98 Å². The zero-order valence-corrected chi connectivity index (χ0v) is 13.2. The van der Waals surface area contributed by atoms with Crippen molar-refractivity contribution in [2.75, 3.05) is 5.32 Å². The van der Waals surface area contributed by atoms with Gasteiger partial charge < -0.3 is 5.32 Å². The summed E-state index contributed by atoms with van der Waals surface area (Å²) >= 11 is 1.31. The lowest BCUT2D eigenvalue weighted by Gasteiger charge is -2.03. The van der Waals surface area contributed by atoms with E-state index in [0.717, 1.165) is 6.42 Å². The van der Waals surface area contributed by atoms with Gasteiger partial charge in [0.05, 0.1) is 10.6 Å². The number of hydrogen-bond acceptors (Lipinski definition) is 5. The van der Waals surface area contributed by atoms with E-state index < -0.39 is 4.92 Å². The first-order valence-corrected chi connectivity index (χ1v) is 7.84. The van der Waals surface area contributed by atoms with Gasteiger partial charge in [-0.1, -0.05) is 26.0 Å². The number of amides is 1. The van der Waals surface area contributed by atoms with Crippen LogP contribution in [-0.2, 0) is 4.79 Å². The molecule has 2 aromatic rings. The fourth-order valence-electron chi connectivity index (χ4n) is 1.84. The van der Waals surface area contributed by atoms with Crippen molar-refractivity contribution in [3.8, 4) is 11.3 Å². The number of nitro benzene ring substituents is 1. The highest BCUT2D eigenvalue weighted by atomic mass is 32.1. The van der Waals surface area contributed by atoms with Gasteiger partial charge in [-0.15, -0.1) is 11.3 Å². The van der Waals surface area contributed by atoms with Crippen LogP contribution in [0, 0.1) is 16.0 Å². The normalized spacial score (nSPS) is 10.7. The number of hydrogen-bond donors (Lipinski definition) is 1. The number of aromatic nitrogens is 1. The standard InChI is InChI=1S/C15H17N3O3S/c1-10(2)6-7-14(19)17-15-16-13(9-22-15)11-4-3-5-12(8-11)18(20)21/h3-5,8-10H,6-7H2,1-2H3,(H,16,17,19).